The lowest BCUT2D eigenvalue weighted by Gasteiger charge is -2.31. The third-order valence-electron chi connectivity index (χ3n) is 3.03. The Morgan fingerprint density at radius 1 is 1.33 bits per heavy atom. The Morgan fingerprint density at radius 2 is 2.17 bits per heavy atom. The minimum absolute atomic E-state index is 0.0803. The number of imidazole rings is 1. The van der Waals surface area contributed by atoms with Gasteiger partial charge in [0.15, 0.2) is 0 Å². The second kappa shape index (κ2) is 4.22. The maximum atomic E-state index is 5.48. The lowest BCUT2D eigenvalue weighted by atomic mass is 9.96. The summed E-state index contributed by atoms with van der Waals surface area (Å²) in [5, 5.41) is 7.64. The zero-order valence-electron chi connectivity index (χ0n) is 9.74. The fourth-order valence-electron chi connectivity index (χ4n) is 2.04. The van der Waals surface area contributed by atoms with Gasteiger partial charge in [-0.05, 0) is 6.08 Å². The number of allylic oxidation sites excluding steroid dienone is 2. The van der Waals surface area contributed by atoms with Crippen molar-refractivity contribution in [3.8, 4) is 0 Å². The van der Waals surface area contributed by atoms with E-state index in [2.05, 4.69) is 32.8 Å². The van der Waals surface area contributed by atoms with Crippen LogP contribution in [0.4, 0.5) is 0 Å². The molecule has 0 radical (unpaired) electrons. The first kappa shape index (κ1) is 11.4. The van der Waals surface area contributed by atoms with Gasteiger partial charge in [0.25, 0.3) is 0 Å². The molecule has 2 heterocycles. The molecular weight excluding hydrogens is 248 g/mol. The molecule has 5 nitrogen and oxygen atoms in total. The highest BCUT2D eigenvalue weighted by molar-refractivity contribution is 7.81. The Labute approximate surface area is 109 Å². The second-order valence-corrected chi connectivity index (χ2v) is 4.79. The number of thiol groups is 1. The van der Waals surface area contributed by atoms with Gasteiger partial charge in [0.1, 0.15) is 16.3 Å². The van der Waals surface area contributed by atoms with Gasteiger partial charge in [-0.3, -0.25) is 0 Å². The Bertz CT molecular complexity index is 603. The predicted octanol–water partition coefficient (Wildman–Crippen LogP) is 1.83. The quantitative estimate of drug-likeness (QED) is 0.639. The molecule has 0 saturated heterocycles. The molecule has 0 bridgehead atoms. The zero-order chi connectivity index (χ0) is 12.6. The van der Waals surface area contributed by atoms with Crippen molar-refractivity contribution in [2.45, 2.75) is 10.9 Å². The summed E-state index contributed by atoms with van der Waals surface area (Å²) >= 11 is 4.59. The van der Waals surface area contributed by atoms with Crippen LogP contribution < -0.4 is 0 Å². The molecule has 18 heavy (non-hydrogen) atoms. The maximum Gasteiger partial charge on any atom is 0.142 e. The van der Waals surface area contributed by atoms with Crippen LogP contribution >= 0.6 is 12.6 Å². The first-order valence-electron chi connectivity index (χ1n) is 5.53. The molecule has 0 fully saturated rings. The van der Waals surface area contributed by atoms with Crippen molar-refractivity contribution in [1.29, 1.82) is 0 Å². The number of nitrogens with one attached hydrogen (secondary N) is 1. The van der Waals surface area contributed by atoms with Crippen LogP contribution in [0.3, 0.4) is 0 Å². The first-order chi connectivity index (χ1) is 8.73. The Hall–Kier alpha value is -1.66. The van der Waals surface area contributed by atoms with E-state index < -0.39 is 4.93 Å². The number of fused-ring (bicyclic) bond motifs is 1. The molecule has 92 valence electrons. The summed E-state index contributed by atoms with van der Waals surface area (Å²) in [6, 6.07) is 0. The van der Waals surface area contributed by atoms with Crippen molar-refractivity contribution in [2.24, 2.45) is 0 Å². The maximum absolute atomic E-state index is 5.48. The minimum Gasteiger partial charge on any atom is -0.363 e. The summed E-state index contributed by atoms with van der Waals surface area (Å²) in [4.78, 5) is 7.04. The number of nitrogens with zero attached hydrogens (tertiary/aromatic N) is 3. The monoisotopic (exact) mass is 260 g/mol. The van der Waals surface area contributed by atoms with Gasteiger partial charge in [-0.2, -0.15) is 10.2 Å². The standard InChI is InChI=1S/C12H12N4OS/c1-17-12(18)5-3-2-4-8(12)11-15-9-6-13-14-7-10(9)16-11/h2-8,18H,1H3,(H,15,16). The Kier molecular flexibility index (Phi) is 2.68. The number of rotatable bonds is 2. The summed E-state index contributed by atoms with van der Waals surface area (Å²) in [5.41, 5.74) is 1.64. The summed E-state index contributed by atoms with van der Waals surface area (Å²) < 4.78 is 5.48. The topological polar surface area (TPSA) is 63.7 Å². The predicted molar refractivity (Wildman–Crippen MR) is 71.4 cm³/mol. The smallest absolute Gasteiger partial charge is 0.142 e. The van der Waals surface area contributed by atoms with Crippen molar-refractivity contribution in [1.82, 2.24) is 20.2 Å². The molecule has 1 N–H and O–H groups in total. The minimum atomic E-state index is -0.691. The van der Waals surface area contributed by atoms with Crippen molar-refractivity contribution >= 4 is 23.7 Å². The normalized spacial score (nSPS) is 26.9. The molecule has 1 aliphatic rings. The Morgan fingerprint density at radius 3 is 2.94 bits per heavy atom. The number of hydrogen-bond acceptors (Lipinski definition) is 5. The highest BCUT2D eigenvalue weighted by atomic mass is 32.1. The van der Waals surface area contributed by atoms with Gasteiger partial charge in [-0.25, -0.2) is 4.98 Å². The van der Waals surface area contributed by atoms with Crippen molar-refractivity contribution < 1.29 is 4.74 Å². The van der Waals surface area contributed by atoms with Gasteiger partial charge < -0.3 is 9.72 Å². The van der Waals surface area contributed by atoms with Gasteiger partial charge in [0.05, 0.1) is 23.8 Å². The molecule has 0 saturated carbocycles. The van der Waals surface area contributed by atoms with Gasteiger partial charge in [0.2, 0.25) is 0 Å². The highest BCUT2D eigenvalue weighted by Gasteiger charge is 2.35. The fourth-order valence-corrected chi connectivity index (χ4v) is 2.33. The van der Waals surface area contributed by atoms with Crippen LogP contribution in [-0.4, -0.2) is 32.2 Å². The van der Waals surface area contributed by atoms with Crippen molar-refractivity contribution in [3.05, 3.63) is 42.5 Å². The summed E-state index contributed by atoms with van der Waals surface area (Å²) in [6.45, 7) is 0. The van der Waals surface area contributed by atoms with Gasteiger partial charge >= 0.3 is 0 Å². The van der Waals surface area contributed by atoms with Crippen molar-refractivity contribution in [3.63, 3.8) is 0 Å². The molecule has 0 aliphatic heterocycles. The molecular formula is C12H12N4OS. The number of H-pyrrole nitrogens is 1. The highest BCUT2D eigenvalue weighted by Crippen LogP contribution is 2.38. The van der Waals surface area contributed by atoms with Gasteiger partial charge in [-0.1, -0.05) is 18.2 Å². The molecule has 2 aromatic rings. The largest absolute Gasteiger partial charge is 0.363 e. The SMILES string of the molecule is COC1(S)C=CC=CC1c1nc2cnncc2[nH]1. The van der Waals surface area contributed by atoms with Crippen LogP contribution in [0.1, 0.15) is 11.7 Å². The number of ether oxygens (including phenoxy) is 1. The molecule has 0 amide bonds. The van der Waals surface area contributed by atoms with E-state index in [1.165, 1.54) is 0 Å². The van der Waals surface area contributed by atoms with Crippen LogP contribution in [-0.2, 0) is 4.74 Å². The van der Waals surface area contributed by atoms with Crippen LogP contribution in [0.5, 0.6) is 0 Å². The van der Waals surface area contributed by atoms with E-state index in [1.807, 2.05) is 24.3 Å². The van der Waals surface area contributed by atoms with Crippen LogP contribution in [0.25, 0.3) is 11.0 Å². The van der Waals surface area contributed by atoms with Gasteiger partial charge in [-0.15, -0.1) is 12.6 Å². The third kappa shape index (κ3) is 1.74. The van der Waals surface area contributed by atoms with Crippen LogP contribution in [0.2, 0.25) is 0 Å². The molecule has 0 aromatic carbocycles. The van der Waals surface area contributed by atoms with E-state index in [0.29, 0.717) is 0 Å². The van der Waals surface area contributed by atoms with Crippen molar-refractivity contribution in [2.75, 3.05) is 7.11 Å². The average Bonchev–Trinajstić information content (AvgIpc) is 2.82. The molecule has 6 heteroatoms. The van der Waals surface area contributed by atoms with E-state index in [9.17, 15) is 0 Å². The van der Waals surface area contributed by atoms with E-state index in [-0.39, 0.29) is 5.92 Å². The number of aromatic nitrogens is 4. The number of aromatic amines is 1. The molecule has 2 aromatic heterocycles. The number of hydrogen-bond donors (Lipinski definition) is 2. The zero-order valence-corrected chi connectivity index (χ0v) is 10.6. The van der Waals surface area contributed by atoms with E-state index >= 15 is 0 Å². The van der Waals surface area contributed by atoms with Gasteiger partial charge in [0, 0.05) is 7.11 Å². The van der Waals surface area contributed by atoms with E-state index in [4.69, 9.17) is 4.74 Å². The summed E-state index contributed by atoms with van der Waals surface area (Å²) in [5.74, 6) is 0.709. The summed E-state index contributed by atoms with van der Waals surface area (Å²) in [7, 11) is 1.63. The second-order valence-electron chi connectivity index (χ2n) is 4.09. The van der Waals surface area contributed by atoms with Crippen LogP contribution in [0, 0.1) is 0 Å². The van der Waals surface area contributed by atoms with E-state index in [0.717, 1.165) is 16.9 Å². The molecule has 2 unspecified atom stereocenters. The fraction of sp³-hybridized carbons (Fsp3) is 0.250. The molecule has 0 spiro atoms. The molecule has 1 aliphatic carbocycles. The Balaban J connectivity index is 2.08. The lowest BCUT2D eigenvalue weighted by molar-refractivity contribution is 0.0981. The molecule has 3 rings (SSSR count). The van der Waals surface area contributed by atoms with Crippen LogP contribution in [0.15, 0.2) is 36.7 Å². The summed E-state index contributed by atoms with van der Waals surface area (Å²) in [6.07, 6.45) is 11.1. The lowest BCUT2D eigenvalue weighted by Crippen LogP contribution is -2.31. The average molecular weight is 260 g/mol. The number of methoxy groups -OCH3 is 1. The van der Waals surface area contributed by atoms with E-state index in [1.54, 1.807) is 19.5 Å². The first-order valence-corrected chi connectivity index (χ1v) is 5.97. The third-order valence-corrected chi connectivity index (χ3v) is 3.64. The molecule has 2 atom stereocenters.